The summed E-state index contributed by atoms with van der Waals surface area (Å²) in [4.78, 5) is 76.3. The minimum absolute atomic E-state index is 0.214. The predicted octanol–water partition coefficient (Wildman–Crippen LogP) is 26.9. The predicted molar refractivity (Wildman–Crippen MR) is 440 cm³/mol. The molecule has 6 atom stereocenters. The number of hydrogen-bond acceptors (Lipinski definition) is 9. The van der Waals surface area contributed by atoms with Gasteiger partial charge in [0.15, 0.2) is 0 Å². The van der Waals surface area contributed by atoms with Crippen LogP contribution in [0.2, 0.25) is 0 Å². The van der Waals surface area contributed by atoms with E-state index >= 15 is 0 Å². The van der Waals surface area contributed by atoms with E-state index in [0.717, 1.165) is 198 Å². The van der Waals surface area contributed by atoms with Crippen LogP contribution in [0.3, 0.4) is 0 Å². The van der Waals surface area contributed by atoms with Gasteiger partial charge in [0, 0.05) is 38.5 Å². The van der Waals surface area contributed by atoms with Gasteiger partial charge in [0.25, 0.3) is 0 Å². The van der Waals surface area contributed by atoms with Crippen LogP contribution in [0.4, 0.5) is 0 Å². The lowest BCUT2D eigenvalue weighted by Crippen LogP contribution is -2.32. The number of Topliss-reactive ketones (excluding diaryl/α,β-unsaturated/α-hetero) is 6. The molecule has 106 heavy (non-hydrogen) atoms. The third-order valence-corrected chi connectivity index (χ3v) is 26.0. The zero-order valence-corrected chi connectivity index (χ0v) is 68.4. The summed E-state index contributed by atoms with van der Waals surface area (Å²) in [6, 6.07) is 26.2. The molecule has 6 aliphatic rings. The number of rotatable bonds is 46. The van der Waals surface area contributed by atoms with E-state index in [1.54, 1.807) is 0 Å². The smallest absolute Gasteiger partial charge is 0.143 e. The first-order valence-corrected chi connectivity index (χ1v) is 45.2. The molecule has 0 bridgehead atoms. The first-order chi connectivity index (χ1) is 51.8. The van der Waals surface area contributed by atoms with Crippen LogP contribution in [0.25, 0.3) is 0 Å². The van der Waals surface area contributed by atoms with Crippen LogP contribution < -0.4 is 14.2 Å². The Morgan fingerprint density at radius 1 is 0.274 bits per heavy atom. The summed E-state index contributed by atoms with van der Waals surface area (Å²) in [5.41, 5.74) is 4.22. The molecule has 0 heterocycles. The minimum Gasteiger partial charge on any atom is -0.494 e. The average molecular weight is 1460 g/mol. The van der Waals surface area contributed by atoms with Gasteiger partial charge >= 0.3 is 0 Å². The van der Waals surface area contributed by atoms with Crippen LogP contribution in [0.1, 0.15) is 410 Å². The Labute approximate surface area is 647 Å². The summed E-state index contributed by atoms with van der Waals surface area (Å²) in [7, 11) is 0. The maximum Gasteiger partial charge on any atom is 0.143 e. The molecule has 0 N–H and O–H groups in total. The van der Waals surface area contributed by atoms with Gasteiger partial charge in [-0.3, -0.25) is 28.8 Å². The number of ketones is 6. The molecule has 594 valence electrons. The van der Waals surface area contributed by atoms with E-state index in [4.69, 9.17) is 14.2 Å². The molecule has 0 saturated heterocycles. The number of carbonyl (C=O) groups is 6. The lowest BCUT2D eigenvalue weighted by atomic mass is 9.73. The molecule has 9 heteroatoms. The van der Waals surface area contributed by atoms with Gasteiger partial charge < -0.3 is 14.2 Å². The van der Waals surface area contributed by atoms with Crippen molar-refractivity contribution in [1.29, 1.82) is 0 Å². The van der Waals surface area contributed by atoms with Gasteiger partial charge in [-0.15, -0.1) is 0 Å². The number of unbranched alkanes of at least 4 members (excludes halogenated alkanes) is 20. The quantitative estimate of drug-likeness (QED) is 0.0401. The molecule has 6 aliphatic carbocycles. The van der Waals surface area contributed by atoms with Crippen LogP contribution in [-0.4, -0.2) is 54.5 Å². The number of benzene rings is 3. The molecule has 9 nitrogen and oxygen atoms in total. The topological polar surface area (TPSA) is 130 Å². The molecular weight excluding hydrogens is 1310 g/mol. The molecule has 3 aromatic rings. The Balaban J connectivity index is 0.000000222. The van der Waals surface area contributed by atoms with Crippen molar-refractivity contribution in [1.82, 2.24) is 0 Å². The normalized spacial score (nSPS) is 24.8. The lowest BCUT2D eigenvalue weighted by Gasteiger charge is -2.31. The van der Waals surface area contributed by atoms with E-state index in [1.807, 2.05) is 0 Å². The number of carbonyl (C=O) groups excluding carboxylic acids is 6. The van der Waals surface area contributed by atoms with Gasteiger partial charge in [0.05, 0.1) is 37.6 Å². The molecule has 0 aliphatic heterocycles. The van der Waals surface area contributed by atoms with Crippen LogP contribution >= 0.6 is 0 Å². The van der Waals surface area contributed by atoms with Crippen LogP contribution in [0, 0.1) is 53.3 Å². The van der Waals surface area contributed by atoms with E-state index in [9.17, 15) is 28.8 Å². The second kappa shape index (κ2) is 52.3. The Morgan fingerprint density at radius 2 is 0.528 bits per heavy atom. The molecule has 0 spiro atoms. The van der Waals surface area contributed by atoms with Crippen molar-refractivity contribution < 1.29 is 43.0 Å². The van der Waals surface area contributed by atoms with Crippen molar-refractivity contribution in [2.75, 3.05) is 19.8 Å². The van der Waals surface area contributed by atoms with Gasteiger partial charge in [-0.25, -0.2) is 0 Å². The molecule has 6 fully saturated rings. The minimum atomic E-state index is -0.297. The second-order valence-electron chi connectivity index (χ2n) is 34.5. The lowest BCUT2D eigenvalue weighted by molar-refractivity contribution is -0.137. The summed E-state index contributed by atoms with van der Waals surface area (Å²) in [5, 5.41) is 0. The van der Waals surface area contributed by atoms with Crippen molar-refractivity contribution in [2.24, 2.45) is 53.3 Å². The zero-order chi connectivity index (χ0) is 75.4. The summed E-state index contributed by atoms with van der Waals surface area (Å²) < 4.78 is 17.9. The highest BCUT2D eigenvalue weighted by molar-refractivity contribution is 6.04. The fraction of sp³-hybridized carbons (Fsp3) is 0.753. The highest BCUT2D eigenvalue weighted by Gasteiger charge is 2.38. The molecule has 0 radical (unpaired) electrons. The van der Waals surface area contributed by atoms with Crippen molar-refractivity contribution in [3.8, 4) is 17.2 Å². The van der Waals surface area contributed by atoms with E-state index < -0.39 is 0 Å². The van der Waals surface area contributed by atoms with E-state index in [0.29, 0.717) is 91.8 Å². The average Bonchev–Trinajstić information content (AvgIpc) is 0.846. The van der Waals surface area contributed by atoms with Crippen molar-refractivity contribution in [3.05, 3.63) is 89.5 Å². The van der Waals surface area contributed by atoms with Crippen LogP contribution in [0.15, 0.2) is 72.8 Å². The highest BCUT2D eigenvalue weighted by Crippen LogP contribution is 2.43. The molecule has 6 unspecified atom stereocenters. The van der Waals surface area contributed by atoms with E-state index in [1.165, 1.54) is 152 Å². The summed E-state index contributed by atoms with van der Waals surface area (Å²) in [6.45, 7) is 15.8. The van der Waals surface area contributed by atoms with Gasteiger partial charge in [-0.1, -0.05) is 238 Å². The van der Waals surface area contributed by atoms with Gasteiger partial charge in [-0.05, 0) is 241 Å². The second-order valence-corrected chi connectivity index (χ2v) is 34.5. The number of ether oxygens (including phenoxy) is 3. The fourth-order valence-electron chi connectivity index (χ4n) is 18.9. The Kier molecular flexibility index (Phi) is 43.6. The summed E-state index contributed by atoms with van der Waals surface area (Å²) in [5.74, 6) is 8.13. The first-order valence-electron chi connectivity index (χ1n) is 45.2. The molecule has 0 aromatic heterocycles. The summed E-state index contributed by atoms with van der Waals surface area (Å²) >= 11 is 0. The molecule has 0 amide bonds. The first kappa shape index (κ1) is 88.3. The molecular formula is C97H152O9. The van der Waals surface area contributed by atoms with Crippen LogP contribution in [0.5, 0.6) is 17.2 Å². The van der Waals surface area contributed by atoms with Gasteiger partial charge in [0.2, 0.25) is 0 Å². The van der Waals surface area contributed by atoms with E-state index in [-0.39, 0.29) is 52.5 Å². The van der Waals surface area contributed by atoms with Crippen molar-refractivity contribution in [3.63, 3.8) is 0 Å². The fourth-order valence-corrected chi connectivity index (χ4v) is 18.9. The van der Waals surface area contributed by atoms with Crippen molar-refractivity contribution in [2.45, 2.75) is 393 Å². The van der Waals surface area contributed by atoms with Crippen molar-refractivity contribution >= 4 is 34.7 Å². The van der Waals surface area contributed by atoms with Crippen LogP contribution in [-0.2, 0) is 28.8 Å². The Hall–Kier alpha value is -4.92. The molecule has 3 aromatic carbocycles. The third kappa shape index (κ3) is 32.9. The Bertz CT molecular complexity index is 2870. The zero-order valence-electron chi connectivity index (χ0n) is 68.4. The Morgan fingerprint density at radius 3 is 0.811 bits per heavy atom. The molecule has 6 saturated carbocycles. The monoisotopic (exact) mass is 1460 g/mol. The van der Waals surface area contributed by atoms with E-state index in [2.05, 4.69) is 114 Å². The summed E-state index contributed by atoms with van der Waals surface area (Å²) in [6.07, 6.45) is 58.4. The maximum absolute atomic E-state index is 13.0. The highest BCUT2D eigenvalue weighted by atomic mass is 16.5. The SMILES string of the molecule is CCCCCCCCCOc1ccc([C@H]2CC[C@H](CC(=O)C3CCC(CC)CC3=O)CC2)cc1.CCCCCCCCCOc1ccc([C@H]2CC[C@H](CC(=O)C3CCC(CCC)CC3=O)CC2)cc1.CCCCCCCCCOc1ccc([C@H]2CC[C@H](CC(=O)C3CCC(CCCCC)CC3=O)CC2)cc1. The van der Waals surface area contributed by atoms with Gasteiger partial charge in [-0.2, -0.15) is 0 Å². The third-order valence-electron chi connectivity index (χ3n) is 26.0. The standard InChI is InChI=1S/C34H54O3.C32H50O3.C31H48O3/c1-3-5-7-8-9-10-12-24-37-31-21-19-30(20-22-31)29-17-14-28(15-18-29)26-34(36)32-23-16-27(25-33(32)35)13-11-6-4-2;1-3-5-6-7-8-9-10-22-35-29-19-17-28(18-20-29)27-15-12-26(13-16-27)24-32(34)30-21-14-25(11-4-2)23-31(30)33;1-3-5-6-7-8-9-10-21-34-28-18-16-27(17-19-28)26-14-11-25(12-15-26)23-31(33)29-20-13-24(4-2)22-30(29)32/h19-22,27-29,32H,3-18,23-26H2,1-2H3;17-20,25-27,30H,3-16,21-24H2,1-2H3;16-19,24-26,29H,3-15,20-23H2,1-2H3/t27?,28-,29-,32?;25?,26-,27-,30?;24?,25-,26-,29?. The molecule has 9 rings (SSSR count). The largest absolute Gasteiger partial charge is 0.494 e. The number of hydrogen-bond donors (Lipinski definition) is 0. The maximum atomic E-state index is 13.0. The van der Waals surface area contributed by atoms with Gasteiger partial charge in [0.1, 0.15) is 51.9 Å².